The first-order chi connectivity index (χ1) is 11.3. The molecule has 0 radical (unpaired) electrons. The number of ether oxygens (including phenoxy) is 1. The minimum absolute atomic E-state index is 0.0620. The molecule has 0 atom stereocenters. The van der Waals surface area contributed by atoms with Crippen molar-refractivity contribution < 1.29 is 9.84 Å². The zero-order valence-electron chi connectivity index (χ0n) is 13.1. The molecule has 1 N–H and O–H groups in total. The van der Waals surface area contributed by atoms with Gasteiger partial charge in [0.05, 0.1) is 30.9 Å². The summed E-state index contributed by atoms with van der Waals surface area (Å²) in [6.07, 6.45) is 0. The summed E-state index contributed by atoms with van der Waals surface area (Å²) in [6, 6.07) is 16.6. The average molecular weight is 328 g/mol. The molecule has 0 unspecified atom stereocenters. The Labute approximate surface area is 140 Å². The van der Waals surface area contributed by atoms with Crippen LogP contribution in [0.25, 0.3) is 16.7 Å². The van der Waals surface area contributed by atoms with Crippen LogP contribution in [-0.2, 0) is 4.74 Å². The second kappa shape index (κ2) is 7.64. The van der Waals surface area contributed by atoms with Crippen LogP contribution < -0.4 is 0 Å². The van der Waals surface area contributed by atoms with E-state index in [1.54, 1.807) is 11.8 Å². The number of aromatic nitrogens is 2. The van der Waals surface area contributed by atoms with E-state index in [0.29, 0.717) is 13.2 Å². The maximum atomic E-state index is 8.74. The second-order valence-corrected chi connectivity index (χ2v) is 6.30. The molecule has 0 bridgehead atoms. The van der Waals surface area contributed by atoms with Crippen molar-refractivity contribution >= 4 is 22.8 Å². The van der Waals surface area contributed by atoms with Crippen molar-refractivity contribution in [2.45, 2.75) is 12.1 Å². The van der Waals surface area contributed by atoms with Crippen LogP contribution in [-0.4, -0.2) is 40.2 Å². The predicted molar refractivity (Wildman–Crippen MR) is 94.4 cm³/mol. The number of rotatable bonds is 7. The molecule has 0 spiro atoms. The lowest BCUT2D eigenvalue weighted by Gasteiger charge is -2.09. The van der Waals surface area contributed by atoms with E-state index in [9.17, 15) is 0 Å². The smallest absolute Gasteiger partial charge is 0.173 e. The Balaban J connectivity index is 1.90. The van der Waals surface area contributed by atoms with E-state index in [1.165, 1.54) is 5.56 Å². The third-order valence-corrected chi connectivity index (χ3v) is 4.42. The van der Waals surface area contributed by atoms with Gasteiger partial charge in [-0.1, -0.05) is 41.6 Å². The van der Waals surface area contributed by atoms with Crippen molar-refractivity contribution in [2.24, 2.45) is 0 Å². The van der Waals surface area contributed by atoms with E-state index >= 15 is 0 Å². The van der Waals surface area contributed by atoms with E-state index in [-0.39, 0.29) is 6.61 Å². The quantitative estimate of drug-likeness (QED) is 0.533. The van der Waals surface area contributed by atoms with Crippen molar-refractivity contribution in [1.29, 1.82) is 0 Å². The van der Waals surface area contributed by atoms with Crippen molar-refractivity contribution in [3.8, 4) is 5.69 Å². The minimum Gasteiger partial charge on any atom is -0.394 e. The fourth-order valence-electron chi connectivity index (χ4n) is 2.40. The molecule has 0 aliphatic rings. The Morgan fingerprint density at radius 1 is 1.09 bits per heavy atom. The van der Waals surface area contributed by atoms with Gasteiger partial charge in [-0.2, -0.15) is 0 Å². The maximum absolute atomic E-state index is 8.74. The Hall–Kier alpha value is -1.82. The van der Waals surface area contributed by atoms with Crippen molar-refractivity contribution in [3.63, 3.8) is 0 Å². The van der Waals surface area contributed by atoms with Gasteiger partial charge in [0.1, 0.15) is 0 Å². The minimum atomic E-state index is 0.0620. The maximum Gasteiger partial charge on any atom is 0.173 e. The Bertz CT molecular complexity index is 768. The molecular weight excluding hydrogens is 308 g/mol. The summed E-state index contributed by atoms with van der Waals surface area (Å²) in [5, 5.41) is 9.71. The summed E-state index contributed by atoms with van der Waals surface area (Å²) in [5.41, 5.74) is 4.45. The van der Waals surface area contributed by atoms with E-state index in [2.05, 4.69) is 41.8 Å². The highest BCUT2D eigenvalue weighted by Gasteiger charge is 2.12. The van der Waals surface area contributed by atoms with Crippen LogP contribution in [0, 0.1) is 6.92 Å². The van der Waals surface area contributed by atoms with Crippen LogP contribution in [0.3, 0.4) is 0 Å². The molecule has 0 aliphatic carbocycles. The number of imidazole rings is 1. The zero-order chi connectivity index (χ0) is 16.1. The zero-order valence-corrected chi connectivity index (χ0v) is 13.9. The Kier molecular flexibility index (Phi) is 5.33. The van der Waals surface area contributed by atoms with Crippen LogP contribution in [0.1, 0.15) is 5.56 Å². The van der Waals surface area contributed by atoms with Crippen LogP contribution in [0.15, 0.2) is 53.7 Å². The number of fused-ring (bicyclic) bond motifs is 1. The molecule has 2 aromatic carbocycles. The van der Waals surface area contributed by atoms with Gasteiger partial charge in [-0.05, 0) is 31.2 Å². The highest BCUT2D eigenvalue weighted by molar-refractivity contribution is 7.99. The third kappa shape index (κ3) is 3.75. The predicted octanol–water partition coefficient (Wildman–Crippen LogP) is 3.43. The molecule has 0 aliphatic heterocycles. The third-order valence-electron chi connectivity index (χ3n) is 3.52. The number of benzene rings is 2. The number of aliphatic hydroxyl groups is 1. The highest BCUT2D eigenvalue weighted by atomic mass is 32.2. The summed E-state index contributed by atoms with van der Waals surface area (Å²) in [5.74, 6) is 0.801. The van der Waals surface area contributed by atoms with Crippen molar-refractivity contribution in [3.05, 3.63) is 54.1 Å². The van der Waals surface area contributed by atoms with E-state index in [0.717, 1.165) is 27.6 Å². The van der Waals surface area contributed by atoms with Gasteiger partial charge in [-0.25, -0.2) is 4.98 Å². The van der Waals surface area contributed by atoms with Gasteiger partial charge in [-0.15, -0.1) is 0 Å². The van der Waals surface area contributed by atoms with Crippen LogP contribution >= 0.6 is 11.8 Å². The lowest BCUT2D eigenvalue weighted by molar-refractivity contribution is 0.103. The van der Waals surface area contributed by atoms with Gasteiger partial charge in [0.2, 0.25) is 0 Å². The molecule has 0 fully saturated rings. The fraction of sp³-hybridized carbons (Fsp3) is 0.278. The van der Waals surface area contributed by atoms with E-state index in [1.807, 2.05) is 18.2 Å². The van der Waals surface area contributed by atoms with Gasteiger partial charge in [0.15, 0.2) is 5.16 Å². The summed E-state index contributed by atoms with van der Waals surface area (Å²) in [4.78, 5) is 4.75. The topological polar surface area (TPSA) is 47.3 Å². The first-order valence-electron chi connectivity index (χ1n) is 7.65. The van der Waals surface area contributed by atoms with Crippen LogP contribution in [0.4, 0.5) is 0 Å². The standard InChI is InChI=1S/C18H20N2O2S/c1-14-6-8-15(9-7-14)20-17-5-3-2-4-16(17)19-18(20)23-13-12-22-11-10-21/h2-9,21H,10-13H2,1H3. The summed E-state index contributed by atoms with van der Waals surface area (Å²) >= 11 is 1.67. The molecule has 3 aromatic rings. The Morgan fingerprint density at radius 2 is 1.87 bits per heavy atom. The number of hydrogen-bond acceptors (Lipinski definition) is 4. The van der Waals surface area contributed by atoms with Crippen LogP contribution in [0.5, 0.6) is 0 Å². The largest absolute Gasteiger partial charge is 0.394 e. The first-order valence-corrected chi connectivity index (χ1v) is 8.64. The summed E-state index contributed by atoms with van der Waals surface area (Å²) in [6.45, 7) is 3.13. The molecular formula is C18H20N2O2S. The molecule has 0 saturated heterocycles. The Morgan fingerprint density at radius 3 is 2.65 bits per heavy atom. The van der Waals surface area contributed by atoms with Gasteiger partial charge < -0.3 is 9.84 Å². The molecule has 3 rings (SSSR count). The molecule has 1 heterocycles. The molecule has 4 nitrogen and oxygen atoms in total. The SMILES string of the molecule is Cc1ccc(-n2c(SCCOCCO)nc3ccccc32)cc1. The highest BCUT2D eigenvalue weighted by Crippen LogP contribution is 2.28. The average Bonchev–Trinajstić information content (AvgIpc) is 2.94. The van der Waals surface area contributed by atoms with Crippen LogP contribution in [0.2, 0.25) is 0 Å². The second-order valence-electron chi connectivity index (χ2n) is 5.24. The number of aryl methyl sites for hydroxylation is 1. The molecule has 0 saturated carbocycles. The number of para-hydroxylation sites is 2. The van der Waals surface area contributed by atoms with Gasteiger partial charge in [-0.3, -0.25) is 4.57 Å². The lowest BCUT2D eigenvalue weighted by atomic mass is 10.2. The summed E-state index contributed by atoms with van der Waals surface area (Å²) in [7, 11) is 0. The normalized spacial score (nSPS) is 11.2. The molecule has 23 heavy (non-hydrogen) atoms. The molecule has 0 amide bonds. The summed E-state index contributed by atoms with van der Waals surface area (Å²) < 4.78 is 7.52. The molecule has 1 aromatic heterocycles. The first kappa shape index (κ1) is 16.1. The van der Waals surface area contributed by atoms with E-state index in [4.69, 9.17) is 14.8 Å². The van der Waals surface area contributed by atoms with Gasteiger partial charge >= 0.3 is 0 Å². The lowest BCUT2D eigenvalue weighted by Crippen LogP contribution is -2.03. The van der Waals surface area contributed by atoms with Crippen molar-refractivity contribution in [2.75, 3.05) is 25.6 Å². The van der Waals surface area contributed by atoms with Gasteiger partial charge in [0, 0.05) is 11.4 Å². The number of aliphatic hydroxyl groups excluding tert-OH is 1. The molecule has 120 valence electrons. The molecule has 5 heteroatoms. The fourth-order valence-corrected chi connectivity index (χ4v) is 3.28. The number of hydrogen-bond donors (Lipinski definition) is 1. The number of thioether (sulfide) groups is 1. The monoisotopic (exact) mass is 328 g/mol. The number of nitrogens with zero attached hydrogens (tertiary/aromatic N) is 2. The van der Waals surface area contributed by atoms with E-state index < -0.39 is 0 Å². The van der Waals surface area contributed by atoms with Crippen molar-refractivity contribution in [1.82, 2.24) is 9.55 Å². The van der Waals surface area contributed by atoms with Gasteiger partial charge in [0.25, 0.3) is 0 Å².